The number of hydrogen-bond acceptors (Lipinski definition) is 4. The van der Waals surface area contributed by atoms with E-state index in [1.807, 2.05) is 62.7 Å². The van der Waals surface area contributed by atoms with Crippen LogP contribution >= 0.6 is 11.6 Å². The summed E-state index contributed by atoms with van der Waals surface area (Å²) in [7, 11) is 0. The molecule has 4 nitrogen and oxygen atoms in total. The molecule has 0 amide bonds. The molecule has 200 valence electrons. The molecule has 38 heavy (non-hydrogen) atoms. The number of aryl methyl sites for hydroxylation is 1. The van der Waals surface area contributed by atoms with Crippen LogP contribution in [0.4, 0.5) is 5.69 Å². The molecule has 5 rings (SSSR count). The largest absolute Gasteiger partial charge is 0.384 e. The molecule has 1 aromatic carbocycles. The molecule has 0 radical (unpaired) electrons. The average Bonchev–Trinajstić information content (AvgIpc) is 3.15. The van der Waals surface area contributed by atoms with E-state index in [9.17, 15) is 0 Å². The first kappa shape index (κ1) is 28.1. The van der Waals surface area contributed by atoms with Gasteiger partial charge in [0.05, 0.1) is 11.2 Å². The normalized spacial score (nSPS) is 16.1. The molecule has 1 saturated heterocycles. The molecule has 5 heteroatoms. The van der Waals surface area contributed by atoms with Gasteiger partial charge in [-0.05, 0) is 100 Å². The highest BCUT2D eigenvalue weighted by atomic mass is 35.5. The van der Waals surface area contributed by atoms with Gasteiger partial charge in [0.1, 0.15) is 0 Å². The van der Waals surface area contributed by atoms with E-state index in [1.54, 1.807) is 5.57 Å². The number of anilines is 1. The Labute approximate surface area is 233 Å². The van der Waals surface area contributed by atoms with Gasteiger partial charge in [-0.15, -0.1) is 0 Å². The second kappa shape index (κ2) is 14.3. The maximum absolute atomic E-state index is 6.12. The lowest BCUT2D eigenvalue weighted by molar-refractivity contribution is 0.256. The number of benzene rings is 1. The van der Waals surface area contributed by atoms with E-state index in [-0.39, 0.29) is 0 Å². The molecule has 2 aliphatic rings. The zero-order chi connectivity index (χ0) is 26.7. The molecular weight excluding hydrogens is 488 g/mol. The van der Waals surface area contributed by atoms with Gasteiger partial charge >= 0.3 is 0 Å². The van der Waals surface area contributed by atoms with E-state index in [4.69, 9.17) is 16.6 Å². The van der Waals surface area contributed by atoms with Crippen molar-refractivity contribution in [2.45, 2.75) is 59.3 Å². The first-order valence-corrected chi connectivity index (χ1v) is 14.5. The fourth-order valence-electron chi connectivity index (χ4n) is 5.33. The molecule has 3 heterocycles. The van der Waals surface area contributed by atoms with Gasteiger partial charge in [-0.1, -0.05) is 48.4 Å². The number of nitrogens with zero attached hydrogens (tertiary/aromatic N) is 3. The maximum atomic E-state index is 6.12. The van der Waals surface area contributed by atoms with Gasteiger partial charge in [0.2, 0.25) is 0 Å². The van der Waals surface area contributed by atoms with Crippen LogP contribution in [0.2, 0.25) is 5.02 Å². The Bertz CT molecular complexity index is 1290. The van der Waals surface area contributed by atoms with Gasteiger partial charge in [-0.2, -0.15) is 0 Å². The average molecular weight is 529 g/mol. The summed E-state index contributed by atoms with van der Waals surface area (Å²) in [5, 5.41) is 5.45. The molecule has 1 fully saturated rings. The minimum absolute atomic E-state index is 0.723. The topological polar surface area (TPSA) is 41.1 Å². The third-order valence-corrected chi connectivity index (χ3v) is 7.69. The first-order chi connectivity index (χ1) is 18.6. The Kier molecular flexibility index (Phi) is 10.5. The van der Waals surface area contributed by atoms with Crippen molar-refractivity contribution >= 4 is 33.8 Å². The SMILES string of the molecule is C/C=C\C.CCC1=CCCc2cccnc2C1=C1CCN(CCCNc2ccnc3cc(Cl)ccc23)CC1. The number of likely N-dealkylation sites (tertiary alicyclic amines) is 1. The smallest absolute Gasteiger partial charge is 0.0737 e. The van der Waals surface area contributed by atoms with Gasteiger partial charge in [0, 0.05) is 53.7 Å². The predicted molar refractivity (Wildman–Crippen MR) is 164 cm³/mol. The Hall–Kier alpha value is -2.95. The highest BCUT2D eigenvalue weighted by Crippen LogP contribution is 2.37. The van der Waals surface area contributed by atoms with Gasteiger partial charge in [-0.25, -0.2) is 0 Å². The molecule has 2 aromatic heterocycles. The van der Waals surface area contributed by atoms with Crippen molar-refractivity contribution in [3.63, 3.8) is 0 Å². The van der Waals surface area contributed by atoms with Crippen LogP contribution in [0.15, 0.2) is 78.2 Å². The molecule has 0 bridgehead atoms. The fourth-order valence-corrected chi connectivity index (χ4v) is 5.50. The predicted octanol–water partition coefficient (Wildman–Crippen LogP) is 8.50. The third-order valence-electron chi connectivity index (χ3n) is 7.45. The van der Waals surface area contributed by atoms with Gasteiger partial charge in [0.15, 0.2) is 0 Å². The molecule has 0 unspecified atom stereocenters. The van der Waals surface area contributed by atoms with Crippen LogP contribution in [-0.2, 0) is 6.42 Å². The van der Waals surface area contributed by atoms with E-state index < -0.39 is 0 Å². The van der Waals surface area contributed by atoms with Gasteiger partial charge in [0.25, 0.3) is 0 Å². The van der Waals surface area contributed by atoms with Crippen molar-refractivity contribution in [3.8, 4) is 0 Å². The highest BCUT2D eigenvalue weighted by molar-refractivity contribution is 6.31. The van der Waals surface area contributed by atoms with E-state index in [0.29, 0.717) is 0 Å². The Morgan fingerprint density at radius 3 is 2.58 bits per heavy atom. The van der Waals surface area contributed by atoms with E-state index in [1.165, 1.54) is 22.4 Å². The van der Waals surface area contributed by atoms with Crippen molar-refractivity contribution in [2.24, 2.45) is 0 Å². The summed E-state index contributed by atoms with van der Waals surface area (Å²) < 4.78 is 0. The summed E-state index contributed by atoms with van der Waals surface area (Å²) in [5.41, 5.74) is 9.27. The lowest BCUT2D eigenvalue weighted by atomic mass is 9.88. The molecule has 0 saturated carbocycles. The van der Waals surface area contributed by atoms with Crippen LogP contribution in [0.5, 0.6) is 0 Å². The lowest BCUT2D eigenvalue weighted by Gasteiger charge is -2.30. The van der Waals surface area contributed by atoms with Crippen LogP contribution in [0, 0.1) is 0 Å². The molecule has 1 aliphatic heterocycles. The second-order valence-corrected chi connectivity index (χ2v) is 10.4. The summed E-state index contributed by atoms with van der Waals surface area (Å²) in [6, 6.07) is 12.3. The maximum Gasteiger partial charge on any atom is 0.0737 e. The Balaban J connectivity index is 0.000000786. The summed E-state index contributed by atoms with van der Waals surface area (Å²) in [6.07, 6.45) is 17.0. The van der Waals surface area contributed by atoms with Crippen LogP contribution in [0.1, 0.15) is 64.1 Å². The van der Waals surface area contributed by atoms with Crippen LogP contribution < -0.4 is 5.32 Å². The van der Waals surface area contributed by atoms with Crippen molar-refractivity contribution in [2.75, 3.05) is 31.5 Å². The minimum Gasteiger partial charge on any atom is -0.384 e. The summed E-state index contributed by atoms with van der Waals surface area (Å²) >= 11 is 6.12. The molecular formula is C33H41ClN4. The van der Waals surface area contributed by atoms with Crippen LogP contribution in [-0.4, -0.2) is 41.0 Å². The summed E-state index contributed by atoms with van der Waals surface area (Å²) in [6.45, 7) is 10.6. The Morgan fingerprint density at radius 2 is 1.82 bits per heavy atom. The minimum atomic E-state index is 0.723. The fraction of sp³-hybridized carbons (Fsp3) is 0.394. The number of piperidine rings is 1. The highest BCUT2D eigenvalue weighted by Gasteiger charge is 2.23. The number of halogens is 1. The van der Waals surface area contributed by atoms with Crippen LogP contribution in [0.25, 0.3) is 16.5 Å². The number of hydrogen-bond donors (Lipinski definition) is 1. The number of pyridine rings is 2. The zero-order valence-electron chi connectivity index (χ0n) is 23.1. The van der Waals surface area contributed by atoms with Crippen molar-refractivity contribution in [1.29, 1.82) is 0 Å². The molecule has 0 atom stereocenters. The van der Waals surface area contributed by atoms with Gasteiger partial charge < -0.3 is 10.2 Å². The number of fused-ring (bicyclic) bond motifs is 2. The van der Waals surface area contributed by atoms with E-state index in [2.05, 4.69) is 40.3 Å². The number of nitrogens with one attached hydrogen (secondary N) is 1. The van der Waals surface area contributed by atoms with Crippen molar-refractivity contribution in [3.05, 3.63) is 94.4 Å². The lowest BCUT2D eigenvalue weighted by Crippen LogP contribution is -2.32. The Morgan fingerprint density at radius 1 is 1.00 bits per heavy atom. The zero-order valence-corrected chi connectivity index (χ0v) is 23.9. The van der Waals surface area contributed by atoms with Crippen molar-refractivity contribution in [1.82, 2.24) is 14.9 Å². The van der Waals surface area contributed by atoms with E-state index in [0.717, 1.165) is 86.3 Å². The third kappa shape index (κ3) is 7.12. The standard InChI is InChI=1S/C29H33ClN4.C4H8/c1-2-21-6-3-7-23-8-4-14-33-29(23)28(21)22-12-18-34(19-13-22)17-5-15-31-26-11-16-32-27-20-24(30)9-10-25(26)27;1-3-4-2/h4,6,8-11,14,16,20H,2-3,5,7,12-13,15,17-19H2,1H3,(H,31,32);3-4H,1-2H3/b;4-3-. The summed E-state index contributed by atoms with van der Waals surface area (Å²) in [4.78, 5) is 11.9. The van der Waals surface area contributed by atoms with E-state index >= 15 is 0 Å². The number of aromatic nitrogens is 2. The monoisotopic (exact) mass is 528 g/mol. The number of rotatable bonds is 6. The molecule has 0 spiro atoms. The second-order valence-electron chi connectivity index (χ2n) is 9.92. The van der Waals surface area contributed by atoms with Crippen molar-refractivity contribution < 1.29 is 0 Å². The first-order valence-electron chi connectivity index (χ1n) is 14.1. The summed E-state index contributed by atoms with van der Waals surface area (Å²) in [5.74, 6) is 0. The molecule has 3 aromatic rings. The molecule has 1 N–H and O–H groups in total. The quantitative estimate of drug-likeness (QED) is 0.257. The van der Waals surface area contributed by atoms with Gasteiger partial charge in [-0.3, -0.25) is 9.97 Å². The molecule has 1 aliphatic carbocycles. The van der Waals surface area contributed by atoms with Crippen LogP contribution in [0.3, 0.4) is 0 Å². The number of allylic oxidation sites excluding steroid dienone is 5.